The molecular formula is C25H26N2O5. The minimum absolute atomic E-state index is 0.0689. The van der Waals surface area contributed by atoms with Crippen molar-refractivity contribution >= 4 is 17.7 Å². The van der Waals surface area contributed by atoms with Gasteiger partial charge in [0.2, 0.25) is 0 Å². The van der Waals surface area contributed by atoms with E-state index in [1.165, 1.54) is 18.9 Å². The van der Waals surface area contributed by atoms with Crippen LogP contribution in [0.2, 0.25) is 0 Å². The topological polar surface area (TPSA) is 91.1 Å². The SMILES string of the molecule is COc1c(OCc2ccccc2)cccc1N(C(N)=O)[C@@H](COC(C)=O)c1ccccc1. The van der Waals surface area contributed by atoms with E-state index < -0.39 is 18.0 Å². The highest BCUT2D eigenvalue weighted by Crippen LogP contribution is 2.41. The predicted octanol–water partition coefficient (Wildman–Crippen LogP) is 4.46. The molecule has 0 aliphatic rings. The first kappa shape index (κ1) is 22.7. The van der Waals surface area contributed by atoms with Crippen LogP contribution in [0.4, 0.5) is 10.5 Å². The van der Waals surface area contributed by atoms with Crippen molar-refractivity contribution in [3.05, 3.63) is 90.0 Å². The Balaban J connectivity index is 2.00. The summed E-state index contributed by atoms with van der Waals surface area (Å²) in [6.07, 6.45) is 0. The average Bonchev–Trinajstić information content (AvgIpc) is 2.81. The molecule has 7 nitrogen and oxygen atoms in total. The fourth-order valence-electron chi connectivity index (χ4n) is 3.38. The first-order valence-electron chi connectivity index (χ1n) is 10.1. The molecule has 0 heterocycles. The molecule has 0 aliphatic heterocycles. The molecule has 3 aromatic carbocycles. The van der Waals surface area contributed by atoms with E-state index in [1.807, 2.05) is 60.7 Å². The summed E-state index contributed by atoms with van der Waals surface area (Å²) in [5.41, 5.74) is 7.96. The maximum atomic E-state index is 12.6. The lowest BCUT2D eigenvalue weighted by molar-refractivity contribution is -0.141. The third-order valence-electron chi connectivity index (χ3n) is 4.84. The van der Waals surface area contributed by atoms with Gasteiger partial charge in [-0.15, -0.1) is 0 Å². The van der Waals surface area contributed by atoms with Crippen molar-refractivity contribution in [2.75, 3.05) is 18.6 Å². The third-order valence-corrected chi connectivity index (χ3v) is 4.84. The Morgan fingerprint density at radius 3 is 2.19 bits per heavy atom. The number of anilines is 1. The van der Waals surface area contributed by atoms with Crippen LogP contribution in [0.3, 0.4) is 0 Å². The smallest absolute Gasteiger partial charge is 0.320 e. The molecule has 3 aromatic rings. The van der Waals surface area contributed by atoms with Gasteiger partial charge in [-0.1, -0.05) is 66.7 Å². The first-order chi connectivity index (χ1) is 15.5. The van der Waals surface area contributed by atoms with Gasteiger partial charge in [-0.25, -0.2) is 4.79 Å². The summed E-state index contributed by atoms with van der Waals surface area (Å²) in [5, 5.41) is 0. The molecule has 0 saturated carbocycles. The van der Waals surface area contributed by atoms with Gasteiger partial charge in [-0.3, -0.25) is 9.69 Å². The molecular weight excluding hydrogens is 408 g/mol. The highest BCUT2D eigenvalue weighted by Gasteiger charge is 2.30. The lowest BCUT2D eigenvalue weighted by Gasteiger charge is -2.31. The number of methoxy groups -OCH3 is 1. The molecule has 0 unspecified atom stereocenters. The highest BCUT2D eigenvalue weighted by molar-refractivity contribution is 5.94. The van der Waals surface area contributed by atoms with E-state index in [2.05, 4.69) is 0 Å². The molecule has 0 bridgehead atoms. The zero-order valence-corrected chi connectivity index (χ0v) is 18.1. The Kier molecular flexibility index (Phi) is 7.70. The number of primary amides is 1. The molecule has 32 heavy (non-hydrogen) atoms. The Hall–Kier alpha value is -4.00. The second-order valence-corrected chi connectivity index (χ2v) is 7.02. The third kappa shape index (κ3) is 5.57. The Morgan fingerprint density at radius 2 is 1.59 bits per heavy atom. The summed E-state index contributed by atoms with van der Waals surface area (Å²) < 4.78 is 16.9. The molecule has 1 atom stereocenters. The molecule has 0 radical (unpaired) electrons. The summed E-state index contributed by atoms with van der Waals surface area (Å²) in [6.45, 7) is 1.57. The Labute approximate surface area is 187 Å². The predicted molar refractivity (Wildman–Crippen MR) is 122 cm³/mol. The lowest BCUT2D eigenvalue weighted by atomic mass is 10.0. The number of hydrogen-bond acceptors (Lipinski definition) is 5. The lowest BCUT2D eigenvalue weighted by Crippen LogP contribution is -2.41. The van der Waals surface area contributed by atoms with Crippen molar-refractivity contribution in [2.24, 2.45) is 5.73 Å². The number of carbonyl (C=O) groups excluding carboxylic acids is 2. The Morgan fingerprint density at radius 1 is 0.938 bits per heavy atom. The number of esters is 1. The largest absolute Gasteiger partial charge is 0.491 e. The van der Waals surface area contributed by atoms with Crippen LogP contribution < -0.4 is 20.1 Å². The van der Waals surface area contributed by atoms with Gasteiger partial charge >= 0.3 is 12.0 Å². The number of para-hydroxylation sites is 1. The fraction of sp³-hybridized carbons (Fsp3) is 0.200. The number of ether oxygens (including phenoxy) is 3. The van der Waals surface area contributed by atoms with E-state index >= 15 is 0 Å². The van der Waals surface area contributed by atoms with E-state index in [0.717, 1.165) is 11.1 Å². The maximum Gasteiger partial charge on any atom is 0.320 e. The van der Waals surface area contributed by atoms with Crippen molar-refractivity contribution in [1.29, 1.82) is 0 Å². The van der Waals surface area contributed by atoms with Crippen LogP contribution in [-0.4, -0.2) is 25.7 Å². The highest BCUT2D eigenvalue weighted by atomic mass is 16.5. The summed E-state index contributed by atoms with van der Waals surface area (Å²) in [5.74, 6) is 0.354. The van der Waals surface area contributed by atoms with Gasteiger partial charge in [-0.2, -0.15) is 0 Å². The van der Waals surface area contributed by atoms with Crippen molar-refractivity contribution in [1.82, 2.24) is 0 Å². The van der Waals surface area contributed by atoms with Crippen LogP contribution in [0.25, 0.3) is 0 Å². The summed E-state index contributed by atoms with van der Waals surface area (Å²) in [7, 11) is 1.50. The van der Waals surface area contributed by atoms with Gasteiger partial charge in [0.25, 0.3) is 0 Å². The van der Waals surface area contributed by atoms with Crippen LogP contribution >= 0.6 is 0 Å². The standard InChI is InChI=1S/C25H26N2O5/c1-18(28)31-17-22(20-12-7-4-8-13-20)27(25(26)29)21-14-9-15-23(24(21)30-2)32-16-19-10-5-3-6-11-19/h3-15,22H,16-17H2,1-2H3,(H2,26,29)/t22-/m0/s1. The first-order valence-corrected chi connectivity index (χ1v) is 10.1. The van der Waals surface area contributed by atoms with E-state index in [1.54, 1.807) is 18.2 Å². The second kappa shape index (κ2) is 10.9. The Bertz CT molecular complexity index is 1040. The number of nitrogens with zero attached hydrogens (tertiary/aromatic N) is 1. The number of carbonyl (C=O) groups is 2. The number of hydrogen-bond donors (Lipinski definition) is 1. The quantitative estimate of drug-likeness (QED) is 0.502. The molecule has 2 N–H and O–H groups in total. The molecule has 2 amide bonds. The van der Waals surface area contributed by atoms with Gasteiger partial charge in [0.1, 0.15) is 13.2 Å². The van der Waals surface area contributed by atoms with Crippen molar-refractivity contribution in [2.45, 2.75) is 19.6 Å². The van der Waals surface area contributed by atoms with E-state index in [0.29, 0.717) is 23.8 Å². The molecule has 166 valence electrons. The summed E-state index contributed by atoms with van der Waals surface area (Å²) >= 11 is 0. The summed E-state index contributed by atoms with van der Waals surface area (Å²) in [4.78, 5) is 25.5. The fourth-order valence-corrected chi connectivity index (χ4v) is 3.38. The van der Waals surface area contributed by atoms with Crippen LogP contribution in [0, 0.1) is 0 Å². The van der Waals surface area contributed by atoms with Crippen molar-refractivity contribution < 1.29 is 23.8 Å². The van der Waals surface area contributed by atoms with Gasteiger partial charge in [0, 0.05) is 6.92 Å². The van der Waals surface area contributed by atoms with Crippen LogP contribution in [0.5, 0.6) is 11.5 Å². The second-order valence-electron chi connectivity index (χ2n) is 7.02. The number of nitrogens with two attached hydrogens (primary N) is 1. The molecule has 0 spiro atoms. The molecule has 0 aromatic heterocycles. The molecule has 7 heteroatoms. The van der Waals surface area contributed by atoms with Gasteiger partial charge in [0.05, 0.1) is 18.8 Å². The van der Waals surface area contributed by atoms with Crippen molar-refractivity contribution in [3.8, 4) is 11.5 Å². The van der Waals surface area contributed by atoms with Crippen molar-refractivity contribution in [3.63, 3.8) is 0 Å². The van der Waals surface area contributed by atoms with Crippen LogP contribution in [-0.2, 0) is 16.1 Å². The molecule has 0 saturated heterocycles. The number of amides is 2. The monoisotopic (exact) mass is 434 g/mol. The van der Waals surface area contributed by atoms with Crippen LogP contribution in [0.1, 0.15) is 24.1 Å². The van der Waals surface area contributed by atoms with E-state index in [9.17, 15) is 9.59 Å². The van der Waals surface area contributed by atoms with Gasteiger partial charge in [0.15, 0.2) is 11.5 Å². The zero-order valence-electron chi connectivity index (χ0n) is 18.1. The number of rotatable bonds is 9. The van der Waals surface area contributed by atoms with Crippen LogP contribution in [0.15, 0.2) is 78.9 Å². The minimum Gasteiger partial charge on any atom is -0.491 e. The van der Waals surface area contributed by atoms with E-state index in [-0.39, 0.29) is 6.61 Å². The molecule has 3 rings (SSSR count). The van der Waals surface area contributed by atoms with E-state index in [4.69, 9.17) is 19.9 Å². The normalized spacial score (nSPS) is 11.3. The van der Waals surface area contributed by atoms with Gasteiger partial charge in [-0.05, 0) is 23.3 Å². The maximum absolute atomic E-state index is 12.6. The van der Waals surface area contributed by atoms with Gasteiger partial charge < -0.3 is 19.9 Å². The number of benzene rings is 3. The number of urea groups is 1. The zero-order chi connectivity index (χ0) is 22.9. The average molecular weight is 434 g/mol. The summed E-state index contributed by atoms with van der Waals surface area (Å²) in [6, 6.07) is 22.8. The molecule has 0 fully saturated rings. The minimum atomic E-state index is -0.718. The molecule has 0 aliphatic carbocycles.